The molecule has 2 aliphatic heterocycles. The summed E-state index contributed by atoms with van der Waals surface area (Å²) in [4.78, 5) is 6.50. The highest BCUT2D eigenvalue weighted by Gasteiger charge is 2.27. The van der Waals surface area contributed by atoms with Gasteiger partial charge < -0.3 is 5.32 Å². The molecule has 0 unspecified atom stereocenters. The van der Waals surface area contributed by atoms with Crippen LogP contribution in [0.4, 0.5) is 0 Å². The average molecular weight is 237 g/mol. The summed E-state index contributed by atoms with van der Waals surface area (Å²) in [6.45, 7) is 7.67. The van der Waals surface area contributed by atoms with E-state index in [4.69, 9.17) is 0 Å². The zero-order valence-electron chi connectivity index (χ0n) is 10.2. The molecule has 17 heavy (non-hydrogen) atoms. The quantitative estimate of drug-likeness (QED) is 0.676. The van der Waals surface area contributed by atoms with Gasteiger partial charge in [-0.1, -0.05) is 0 Å². The van der Waals surface area contributed by atoms with Crippen LogP contribution in [0.3, 0.4) is 0 Å². The van der Waals surface area contributed by atoms with E-state index in [1.807, 2.05) is 0 Å². The third-order valence-corrected chi connectivity index (χ3v) is 3.60. The highest BCUT2D eigenvalue weighted by molar-refractivity contribution is 4.88. The number of rotatable bonds is 3. The van der Waals surface area contributed by atoms with Crippen LogP contribution in [0.15, 0.2) is 0 Å². The summed E-state index contributed by atoms with van der Waals surface area (Å²) < 4.78 is 0. The number of tetrazole rings is 1. The lowest BCUT2D eigenvalue weighted by molar-refractivity contribution is 0.0684. The van der Waals surface area contributed by atoms with Gasteiger partial charge in [0.05, 0.1) is 13.6 Å². The van der Waals surface area contributed by atoms with Gasteiger partial charge in [-0.2, -0.15) is 4.80 Å². The molecule has 0 bridgehead atoms. The molecule has 1 N–H and O–H groups in total. The van der Waals surface area contributed by atoms with Crippen molar-refractivity contribution in [2.45, 2.75) is 12.6 Å². The van der Waals surface area contributed by atoms with Gasteiger partial charge in [-0.05, 0) is 5.21 Å². The van der Waals surface area contributed by atoms with E-state index in [9.17, 15) is 0 Å². The van der Waals surface area contributed by atoms with Gasteiger partial charge in [0.15, 0.2) is 5.82 Å². The topological polar surface area (TPSA) is 62.1 Å². The zero-order chi connectivity index (χ0) is 11.7. The Morgan fingerprint density at radius 1 is 1.24 bits per heavy atom. The molecule has 0 radical (unpaired) electrons. The van der Waals surface area contributed by atoms with E-state index < -0.39 is 0 Å². The van der Waals surface area contributed by atoms with Crippen LogP contribution < -0.4 is 5.32 Å². The maximum Gasteiger partial charge on any atom is 0.188 e. The van der Waals surface area contributed by atoms with Crippen molar-refractivity contribution in [2.75, 3.05) is 39.3 Å². The van der Waals surface area contributed by atoms with Gasteiger partial charge in [0, 0.05) is 45.3 Å². The summed E-state index contributed by atoms with van der Waals surface area (Å²) in [5.41, 5.74) is 0. The number of aromatic nitrogens is 4. The lowest BCUT2D eigenvalue weighted by atomic mass is 10.1. The lowest BCUT2D eigenvalue weighted by Gasteiger charge is -2.43. The van der Waals surface area contributed by atoms with E-state index in [2.05, 4.69) is 30.5 Å². The smallest absolute Gasteiger partial charge is 0.188 e. The highest BCUT2D eigenvalue weighted by atomic mass is 15.6. The van der Waals surface area contributed by atoms with Crippen molar-refractivity contribution in [1.82, 2.24) is 35.3 Å². The first-order valence-corrected chi connectivity index (χ1v) is 6.21. The Balaban J connectivity index is 1.47. The van der Waals surface area contributed by atoms with Crippen LogP contribution in [-0.2, 0) is 13.6 Å². The molecule has 1 aromatic heterocycles. The van der Waals surface area contributed by atoms with Crippen molar-refractivity contribution < 1.29 is 0 Å². The molecule has 2 saturated heterocycles. The van der Waals surface area contributed by atoms with E-state index in [1.165, 1.54) is 4.80 Å². The van der Waals surface area contributed by atoms with E-state index in [0.29, 0.717) is 0 Å². The second kappa shape index (κ2) is 4.67. The Labute approximate surface area is 101 Å². The number of hydrogen-bond acceptors (Lipinski definition) is 6. The third-order valence-electron chi connectivity index (χ3n) is 3.60. The largest absolute Gasteiger partial charge is 0.314 e. The molecule has 0 saturated carbocycles. The molecule has 3 heterocycles. The Morgan fingerprint density at radius 2 is 2.00 bits per heavy atom. The van der Waals surface area contributed by atoms with Crippen LogP contribution in [0.25, 0.3) is 0 Å². The minimum atomic E-state index is 0.770. The average Bonchev–Trinajstić information content (AvgIpc) is 2.64. The molecule has 0 atom stereocenters. The van der Waals surface area contributed by atoms with E-state index >= 15 is 0 Å². The predicted molar refractivity (Wildman–Crippen MR) is 62.3 cm³/mol. The second-order valence-corrected chi connectivity index (χ2v) is 4.82. The molecule has 7 heteroatoms. The van der Waals surface area contributed by atoms with Crippen LogP contribution >= 0.6 is 0 Å². The maximum atomic E-state index is 4.22. The molecule has 3 rings (SSSR count). The first-order valence-electron chi connectivity index (χ1n) is 6.21. The van der Waals surface area contributed by atoms with Crippen molar-refractivity contribution >= 4 is 0 Å². The standard InChI is InChI=1S/C10H19N7/c1-15-13-10(12-14-15)8-16-2-4-17(5-3-16)9-6-11-7-9/h9,11H,2-8H2,1H3. The maximum absolute atomic E-state index is 4.22. The van der Waals surface area contributed by atoms with Gasteiger partial charge in [0.2, 0.25) is 0 Å². The minimum Gasteiger partial charge on any atom is -0.314 e. The Hall–Kier alpha value is -1.05. The Bertz CT molecular complexity index is 364. The van der Waals surface area contributed by atoms with Gasteiger partial charge in [0.25, 0.3) is 0 Å². The molecular formula is C10H19N7. The van der Waals surface area contributed by atoms with Gasteiger partial charge in [0.1, 0.15) is 0 Å². The first kappa shape index (κ1) is 11.1. The fourth-order valence-electron chi connectivity index (χ4n) is 2.40. The van der Waals surface area contributed by atoms with Crippen LogP contribution in [0, 0.1) is 0 Å². The van der Waals surface area contributed by atoms with Crippen molar-refractivity contribution in [3.05, 3.63) is 5.82 Å². The summed E-state index contributed by atoms with van der Waals surface area (Å²) in [5, 5.41) is 15.4. The molecule has 0 aromatic carbocycles. The van der Waals surface area contributed by atoms with Crippen molar-refractivity contribution in [1.29, 1.82) is 0 Å². The predicted octanol–water partition coefficient (Wildman–Crippen LogP) is -1.70. The third kappa shape index (κ3) is 2.46. The zero-order valence-corrected chi connectivity index (χ0v) is 10.2. The van der Waals surface area contributed by atoms with E-state index in [0.717, 1.165) is 57.7 Å². The molecule has 0 amide bonds. The normalized spacial score (nSPS) is 23.8. The number of nitrogens with zero attached hydrogens (tertiary/aromatic N) is 6. The van der Waals surface area contributed by atoms with Crippen LogP contribution in [0.1, 0.15) is 5.82 Å². The second-order valence-electron chi connectivity index (χ2n) is 4.82. The summed E-state index contributed by atoms with van der Waals surface area (Å²) in [6, 6.07) is 0.770. The van der Waals surface area contributed by atoms with Gasteiger partial charge in [-0.25, -0.2) is 0 Å². The molecular weight excluding hydrogens is 218 g/mol. The molecule has 94 valence electrons. The van der Waals surface area contributed by atoms with Crippen LogP contribution in [-0.4, -0.2) is 75.3 Å². The van der Waals surface area contributed by atoms with E-state index in [-0.39, 0.29) is 0 Å². The monoisotopic (exact) mass is 237 g/mol. The van der Waals surface area contributed by atoms with Gasteiger partial charge in [-0.3, -0.25) is 9.80 Å². The molecule has 0 spiro atoms. The van der Waals surface area contributed by atoms with E-state index in [1.54, 1.807) is 7.05 Å². The number of piperazine rings is 1. The fraction of sp³-hybridized carbons (Fsp3) is 0.900. The van der Waals surface area contributed by atoms with Gasteiger partial charge >= 0.3 is 0 Å². The Morgan fingerprint density at radius 3 is 2.53 bits per heavy atom. The first-order chi connectivity index (χ1) is 8.31. The number of hydrogen-bond donors (Lipinski definition) is 1. The van der Waals surface area contributed by atoms with Crippen molar-refractivity contribution in [3.63, 3.8) is 0 Å². The minimum absolute atomic E-state index is 0.770. The van der Waals surface area contributed by atoms with Crippen molar-refractivity contribution in [3.8, 4) is 0 Å². The van der Waals surface area contributed by atoms with Gasteiger partial charge in [-0.15, -0.1) is 10.2 Å². The molecule has 0 aliphatic carbocycles. The molecule has 7 nitrogen and oxygen atoms in total. The summed E-state index contributed by atoms with van der Waals surface area (Å²) in [5.74, 6) is 0.825. The molecule has 1 aromatic rings. The fourth-order valence-corrected chi connectivity index (χ4v) is 2.40. The number of nitrogens with one attached hydrogen (secondary N) is 1. The highest BCUT2D eigenvalue weighted by Crippen LogP contribution is 2.10. The van der Waals surface area contributed by atoms with Crippen LogP contribution in [0.2, 0.25) is 0 Å². The summed E-state index contributed by atoms with van der Waals surface area (Å²) >= 11 is 0. The number of aryl methyl sites for hydroxylation is 1. The lowest BCUT2D eigenvalue weighted by Crippen LogP contribution is -2.61. The SMILES string of the molecule is Cn1nnc(CN2CCN(C3CNC3)CC2)n1. The van der Waals surface area contributed by atoms with Crippen LogP contribution in [0.5, 0.6) is 0 Å². The molecule has 2 aliphatic rings. The summed E-state index contributed by atoms with van der Waals surface area (Å²) in [6.07, 6.45) is 0. The van der Waals surface area contributed by atoms with Crippen molar-refractivity contribution in [2.24, 2.45) is 7.05 Å². The molecule has 2 fully saturated rings. The Kier molecular flexibility index (Phi) is 3.04. The summed E-state index contributed by atoms with van der Waals surface area (Å²) in [7, 11) is 1.80.